The number of sulfonamides is 1. The topological polar surface area (TPSA) is 176 Å². The summed E-state index contributed by atoms with van der Waals surface area (Å²) in [5, 5.41) is 2.12. The van der Waals surface area contributed by atoms with E-state index in [4.69, 9.17) is 4.74 Å². The molecule has 1 aromatic heterocycles. The standard InChI is InChI=1S/C17H19N5O8S/c1-9(13(23)28-3)30-17-19-10(2)18-15(21-17)20-16(25)22-31(26,27)12-8-6-5-7-11(12)14(24)29-4/h5-9H,1-4H3,(H2,18,19,20,21,22,25). The second-order valence-electron chi connectivity index (χ2n) is 5.82. The quantitative estimate of drug-likeness (QED) is 0.555. The Balaban J connectivity index is 2.19. The number of methoxy groups -OCH3 is 2. The number of urea groups is 1. The number of amides is 2. The van der Waals surface area contributed by atoms with Gasteiger partial charge in [0.15, 0.2) is 6.10 Å². The van der Waals surface area contributed by atoms with E-state index in [0.29, 0.717) is 0 Å². The van der Waals surface area contributed by atoms with Crippen molar-refractivity contribution in [3.63, 3.8) is 0 Å². The molecule has 31 heavy (non-hydrogen) atoms. The number of hydrogen-bond acceptors (Lipinski definition) is 11. The lowest BCUT2D eigenvalue weighted by atomic mass is 10.2. The molecule has 2 N–H and O–H groups in total. The van der Waals surface area contributed by atoms with Gasteiger partial charge in [-0.3, -0.25) is 5.32 Å². The van der Waals surface area contributed by atoms with E-state index >= 15 is 0 Å². The highest BCUT2D eigenvalue weighted by Crippen LogP contribution is 2.16. The fourth-order valence-corrected chi connectivity index (χ4v) is 3.33. The van der Waals surface area contributed by atoms with Crippen molar-refractivity contribution in [3.8, 4) is 6.01 Å². The summed E-state index contributed by atoms with van der Waals surface area (Å²) in [4.78, 5) is 46.5. The molecule has 1 unspecified atom stereocenters. The maximum Gasteiger partial charge on any atom is 0.346 e. The van der Waals surface area contributed by atoms with E-state index < -0.39 is 39.0 Å². The van der Waals surface area contributed by atoms with Crippen LogP contribution in [0, 0.1) is 6.92 Å². The van der Waals surface area contributed by atoms with Crippen LogP contribution in [0.4, 0.5) is 10.7 Å². The molecule has 2 amide bonds. The van der Waals surface area contributed by atoms with Crippen LogP contribution in [0.5, 0.6) is 6.01 Å². The number of carbonyl (C=O) groups excluding carboxylic acids is 3. The Labute approximate surface area is 177 Å². The number of ether oxygens (including phenoxy) is 3. The highest BCUT2D eigenvalue weighted by molar-refractivity contribution is 7.90. The Kier molecular flexibility index (Phi) is 7.42. The first-order valence-corrected chi connectivity index (χ1v) is 10.0. The first-order valence-electron chi connectivity index (χ1n) is 8.55. The fourth-order valence-electron chi connectivity index (χ4n) is 2.22. The van der Waals surface area contributed by atoms with Gasteiger partial charge in [0.1, 0.15) is 10.7 Å². The van der Waals surface area contributed by atoms with Crippen molar-refractivity contribution >= 4 is 33.9 Å². The summed E-state index contributed by atoms with van der Waals surface area (Å²) in [5.74, 6) is -1.79. The van der Waals surface area contributed by atoms with Gasteiger partial charge in [0.05, 0.1) is 19.8 Å². The molecule has 1 heterocycles. The second-order valence-corrected chi connectivity index (χ2v) is 7.47. The number of esters is 2. The number of aryl methyl sites for hydroxylation is 1. The molecule has 0 aliphatic rings. The van der Waals surface area contributed by atoms with E-state index in [9.17, 15) is 22.8 Å². The number of hydrogen-bond donors (Lipinski definition) is 2. The number of rotatable bonds is 7. The number of nitrogens with zero attached hydrogens (tertiary/aromatic N) is 3. The molecule has 0 spiro atoms. The lowest BCUT2D eigenvalue weighted by Gasteiger charge is -2.13. The Hall–Kier alpha value is -3.81. The molecule has 0 saturated carbocycles. The first-order chi connectivity index (χ1) is 14.6. The smallest absolute Gasteiger partial charge is 0.346 e. The van der Waals surface area contributed by atoms with Gasteiger partial charge in [-0.05, 0) is 26.0 Å². The summed E-state index contributed by atoms with van der Waals surface area (Å²) in [6.45, 7) is 2.86. The Bertz CT molecular complexity index is 1110. The van der Waals surface area contributed by atoms with Gasteiger partial charge in [-0.15, -0.1) is 0 Å². The van der Waals surface area contributed by atoms with Crippen molar-refractivity contribution < 1.29 is 37.0 Å². The summed E-state index contributed by atoms with van der Waals surface area (Å²) in [7, 11) is -2.18. The molecule has 2 aromatic rings. The zero-order valence-electron chi connectivity index (χ0n) is 16.9. The molecule has 0 bridgehead atoms. The van der Waals surface area contributed by atoms with Crippen molar-refractivity contribution in [3.05, 3.63) is 35.7 Å². The highest BCUT2D eigenvalue weighted by atomic mass is 32.2. The first kappa shape index (κ1) is 23.5. The fraction of sp³-hybridized carbons (Fsp3) is 0.294. The number of carbonyl (C=O) groups is 3. The van der Waals surface area contributed by atoms with E-state index in [1.165, 1.54) is 39.2 Å². The monoisotopic (exact) mass is 453 g/mol. The third kappa shape index (κ3) is 6.08. The molecule has 0 fully saturated rings. The largest absolute Gasteiger partial charge is 0.466 e. The molecule has 2 rings (SSSR count). The molecule has 13 nitrogen and oxygen atoms in total. The van der Waals surface area contributed by atoms with Crippen LogP contribution >= 0.6 is 0 Å². The molecule has 0 aliphatic carbocycles. The maximum absolute atomic E-state index is 12.6. The number of aromatic nitrogens is 3. The Morgan fingerprint density at radius 3 is 2.35 bits per heavy atom. The summed E-state index contributed by atoms with van der Waals surface area (Å²) in [6, 6.07) is 3.68. The van der Waals surface area contributed by atoms with Gasteiger partial charge in [-0.25, -0.2) is 27.5 Å². The lowest BCUT2D eigenvalue weighted by Crippen LogP contribution is -2.35. The normalized spacial score (nSPS) is 11.7. The second kappa shape index (κ2) is 9.80. The zero-order valence-corrected chi connectivity index (χ0v) is 17.7. The summed E-state index contributed by atoms with van der Waals surface area (Å²) >= 11 is 0. The average molecular weight is 453 g/mol. The molecule has 1 aromatic carbocycles. The number of nitrogens with one attached hydrogen (secondary N) is 2. The van der Waals surface area contributed by atoms with E-state index in [2.05, 4.69) is 29.7 Å². The minimum absolute atomic E-state index is 0.122. The van der Waals surface area contributed by atoms with Gasteiger partial charge in [-0.2, -0.15) is 15.0 Å². The van der Waals surface area contributed by atoms with Gasteiger partial charge in [-0.1, -0.05) is 12.1 Å². The summed E-state index contributed by atoms with van der Waals surface area (Å²) in [5.41, 5.74) is -0.256. The summed E-state index contributed by atoms with van der Waals surface area (Å²) in [6.07, 6.45) is -1.04. The van der Waals surface area contributed by atoms with Crippen LogP contribution in [0.1, 0.15) is 23.1 Å². The van der Waals surface area contributed by atoms with Crippen LogP contribution in [-0.4, -0.2) is 61.7 Å². The van der Waals surface area contributed by atoms with Crippen LogP contribution in [-0.2, 0) is 24.3 Å². The molecule has 166 valence electrons. The van der Waals surface area contributed by atoms with Gasteiger partial charge >= 0.3 is 24.0 Å². The Morgan fingerprint density at radius 2 is 1.71 bits per heavy atom. The highest BCUT2D eigenvalue weighted by Gasteiger charge is 2.25. The third-order valence-corrected chi connectivity index (χ3v) is 4.97. The molecular weight excluding hydrogens is 434 g/mol. The van der Waals surface area contributed by atoms with E-state index in [0.717, 1.165) is 13.2 Å². The molecular formula is C17H19N5O8S. The Morgan fingerprint density at radius 1 is 1.03 bits per heavy atom. The van der Waals surface area contributed by atoms with Crippen LogP contribution in [0.15, 0.2) is 29.2 Å². The molecule has 14 heteroatoms. The molecule has 1 atom stereocenters. The molecule has 0 aliphatic heterocycles. The van der Waals surface area contributed by atoms with E-state index in [-0.39, 0.29) is 23.3 Å². The van der Waals surface area contributed by atoms with Gasteiger partial charge < -0.3 is 14.2 Å². The molecule has 0 saturated heterocycles. The third-order valence-electron chi connectivity index (χ3n) is 3.58. The van der Waals surface area contributed by atoms with Crippen LogP contribution in [0.2, 0.25) is 0 Å². The number of benzene rings is 1. The minimum Gasteiger partial charge on any atom is -0.466 e. The minimum atomic E-state index is -4.45. The predicted molar refractivity (Wildman–Crippen MR) is 104 cm³/mol. The van der Waals surface area contributed by atoms with Crippen molar-refractivity contribution in [1.82, 2.24) is 19.7 Å². The van der Waals surface area contributed by atoms with Gasteiger partial charge in [0, 0.05) is 0 Å². The van der Waals surface area contributed by atoms with E-state index in [1.807, 2.05) is 0 Å². The maximum atomic E-state index is 12.6. The van der Waals surface area contributed by atoms with Crippen LogP contribution in [0.3, 0.4) is 0 Å². The molecule has 0 radical (unpaired) electrons. The van der Waals surface area contributed by atoms with Crippen molar-refractivity contribution in [1.29, 1.82) is 0 Å². The summed E-state index contributed by atoms with van der Waals surface area (Å²) < 4.78 is 41.1. The lowest BCUT2D eigenvalue weighted by molar-refractivity contribution is -0.148. The van der Waals surface area contributed by atoms with Crippen LogP contribution < -0.4 is 14.8 Å². The average Bonchev–Trinajstić information content (AvgIpc) is 2.71. The SMILES string of the molecule is COC(=O)c1ccccc1S(=O)(=O)NC(=O)Nc1nc(C)nc(OC(C)C(=O)OC)n1. The van der Waals surface area contributed by atoms with Crippen LogP contribution in [0.25, 0.3) is 0 Å². The van der Waals surface area contributed by atoms with E-state index in [1.54, 1.807) is 4.72 Å². The van der Waals surface area contributed by atoms with Crippen molar-refractivity contribution in [2.24, 2.45) is 0 Å². The van der Waals surface area contributed by atoms with Gasteiger partial charge in [0.25, 0.3) is 10.0 Å². The van der Waals surface area contributed by atoms with Crippen molar-refractivity contribution in [2.75, 3.05) is 19.5 Å². The van der Waals surface area contributed by atoms with Gasteiger partial charge in [0.2, 0.25) is 5.95 Å². The predicted octanol–water partition coefficient (Wildman–Crippen LogP) is 0.417. The zero-order chi connectivity index (χ0) is 23.2. The van der Waals surface area contributed by atoms with Crippen molar-refractivity contribution in [2.45, 2.75) is 24.8 Å². The number of anilines is 1.